The van der Waals surface area contributed by atoms with Gasteiger partial charge in [0.15, 0.2) is 11.5 Å². The van der Waals surface area contributed by atoms with Crippen LogP contribution in [0.5, 0.6) is 11.5 Å². The monoisotopic (exact) mass is 540 g/mol. The number of fused-ring (bicyclic) bond motifs is 1. The molecule has 1 aromatic heterocycles. The van der Waals surface area contributed by atoms with Crippen molar-refractivity contribution in [3.63, 3.8) is 0 Å². The largest absolute Gasteiger partial charge is 0.493 e. The summed E-state index contributed by atoms with van der Waals surface area (Å²) in [6, 6.07) is 23.2. The van der Waals surface area contributed by atoms with Crippen molar-refractivity contribution in [3.8, 4) is 11.5 Å². The van der Waals surface area contributed by atoms with E-state index in [4.69, 9.17) is 14.5 Å². The van der Waals surface area contributed by atoms with Crippen LogP contribution >= 0.6 is 0 Å². The lowest BCUT2D eigenvalue weighted by molar-refractivity contribution is -0.135. The number of carbonyl (C=O) groups is 2. The number of para-hydroxylation sites is 2. The third kappa shape index (κ3) is 6.11. The highest BCUT2D eigenvalue weighted by Gasteiger charge is 2.27. The predicted octanol–water partition coefficient (Wildman–Crippen LogP) is 5.35. The molecule has 0 unspecified atom stereocenters. The maximum atomic E-state index is 14.0. The molecule has 0 atom stereocenters. The molecule has 208 valence electrons. The Kier molecular flexibility index (Phi) is 8.64. The van der Waals surface area contributed by atoms with E-state index >= 15 is 0 Å². The molecule has 4 aromatic rings. The smallest absolute Gasteiger partial charge is 0.251 e. The first-order chi connectivity index (χ1) is 19.6. The van der Waals surface area contributed by atoms with Crippen LogP contribution in [-0.4, -0.2) is 46.5 Å². The second-order valence-corrected chi connectivity index (χ2v) is 10.2. The van der Waals surface area contributed by atoms with Crippen LogP contribution < -0.4 is 14.8 Å². The molecule has 1 aliphatic rings. The van der Waals surface area contributed by atoms with Gasteiger partial charge in [-0.2, -0.15) is 0 Å². The molecule has 40 heavy (non-hydrogen) atoms. The molecule has 0 spiro atoms. The van der Waals surface area contributed by atoms with Crippen molar-refractivity contribution in [3.05, 3.63) is 89.7 Å². The number of carbonyl (C=O) groups excluding carboxylic acids is 2. The Morgan fingerprint density at radius 2 is 1.65 bits per heavy atom. The summed E-state index contributed by atoms with van der Waals surface area (Å²) in [7, 11) is 3.09. The molecule has 1 heterocycles. The molecule has 1 N–H and O–H groups in total. The molecule has 8 heteroatoms. The fraction of sp³-hybridized carbons (Fsp3) is 0.344. The van der Waals surface area contributed by atoms with Gasteiger partial charge >= 0.3 is 0 Å². The van der Waals surface area contributed by atoms with Crippen molar-refractivity contribution in [1.29, 1.82) is 0 Å². The average Bonchev–Trinajstić information content (AvgIpc) is 3.36. The molecule has 0 radical (unpaired) electrons. The van der Waals surface area contributed by atoms with E-state index in [-0.39, 0.29) is 30.9 Å². The van der Waals surface area contributed by atoms with E-state index in [1.807, 2.05) is 47.0 Å². The van der Waals surface area contributed by atoms with Crippen LogP contribution in [0, 0.1) is 0 Å². The molecule has 1 fully saturated rings. The number of hydrogen-bond donors (Lipinski definition) is 1. The van der Waals surface area contributed by atoms with Gasteiger partial charge < -0.3 is 24.3 Å². The second-order valence-electron chi connectivity index (χ2n) is 10.2. The van der Waals surface area contributed by atoms with Crippen LogP contribution in [0.3, 0.4) is 0 Å². The Labute approximate surface area is 234 Å². The van der Waals surface area contributed by atoms with E-state index < -0.39 is 0 Å². The number of nitrogens with one attached hydrogen (secondary N) is 1. The third-order valence-electron chi connectivity index (χ3n) is 7.61. The van der Waals surface area contributed by atoms with Gasteiger partial charge in [0.05, 0.1) is 31.8 Å². The van der Waals surface area contributed by atoms with Gasteiger partial charge in [-0.05, 0) is 48.7 Å². The average molecular weight is 541 g/mol. The lowest BCUT2D eigenvalue weighted by Gasteiger charge is -2.35. The zero-order valence-corrected chi connectivity index (χ0v) is 23.1. The first-order valence-corrected chi connectivity index (χ1v) is 13.8. The molecule has 1 aliphatic carbocycles. The fourth-order valence-corrected chi connectivity index (χ4v) is 5.50. The van der Waals surface area contributed by atoms with Crippen LogP contribution in [-0.2, 0) is 24.4 Å². The molecule has 0 bridgehead atoms. The summed E-state index contributed by atoms with van der Waals surface area (Å²) in [5.74, 6) is 1.46. The summed E-state index contributed by atoms with van der Waals surface area (Å²) in [5.41, 5.74) is 3.23. The summed E-state index contributed by atoms with van der Waals surface area (Å²) in [5, 5.41) is 2.97. The maximum Gasteiger partial charge on any atom is 0.251 e. The molecule has 1 saturated carbocycles. The van der Waals surface area contributed by atoms with Gasteiger partial charge in [-0.3, -0.25) is 9.59 Å². The number of benzene rings is 3. The zero-order chi connectivity index (χ0) is 27.9. The van der Waals surface area contributed by atoms with Crippen molar-refractivity contribution in [1.82, 2.24) is 19.8 Å². The van der Waals surface area contributed by atoms with E-state index in [9.17, 15) is 9.59 Å². The summed E-state index contributed by atoms with van der Waals surface area (Å²) >= 11 is 0. The lowest BCUT2D eigenvalue weighted by atomic mass is 9.93. The zero-order valence-electron chi connectivity index (χ0n) is 23.1. The van der Waals surface area contributed by atoms with Crippen molar-refractivity contribution < 1.29 is 19.1 Å². The molecule has 5 rings (SSSR count). The number of nitrogens with zero attached hydrogens (tertiary/aromatic N) is 3. The number of hydrogen-bond acceptors (Lipinski definition) is 5. The summed E-state index contributed by atoms with van der Waals surface area (Å²) in [6.45, 7) is 0.922. The highest BCUT2D eigenvalue weighted by atomic mass is 16.5. The number of amides is 2. The Hall–Kier alpha value is -4.33. The SMILES string of the molecule is COc1ccc(C(=O)NCc2nc3ccccc3n2CC(=O)N(Cc2ccccc2)C2CCCCC2)cc1OC. The predicted molar refractivity (Wildman–Crippen MR) is 154 cm³/mol. The number of imidazole rings is 1. The number of methoxy groups -OCH3 is 2. The molecular formula is C32H36N4O4. The number of rotatable bonds is 10. The van der Waals surface area contributed by atoms with Gasteiger partial charge in [0, 0.05) is 18.2 Å². The lowest BCUT2D eigenvalue weighted by Crippen LogP contribution is -2.42. The van der Waals surface area contributed by atoms with Crippen molar-refractivity contribution in [2.75, 3.05) is 14.2 Å². The van der Waals surface area contributed by atoms with E-state index in [1.165, 1.54) is 13.5 Å². The van der Waals surface area contributed by atoms with Gasteiger partial charge in [0.1, 0.15) is 12.4 Å². The molecule has 0 saturated heterocycles. The molecular weight excluding hydrogens is 504 g/mol. The van der Waals surface area contributed by atoms with Crippen molar-refractivity contribution in [2.45, 2.75) is 57.8 Å². The second kappa shape index (κ2) is 12.7. The Bertz CT molecular complexity index is 1460. The Morgan fingerprint density at radius 1 is 0.925 bits per heavy atom. The number of aromatic nitrogens is 2. The Morgan fingerprint density at radius 3 is 2.40 bits per heavy atom. The van der Waals surface area contributed by atoms with Gasteiger partial charge in [-0.25, -0.2) is 4.98 Å². The minimum atomic E-state index is -0.265. The summed E-state index contributed by atoms with van der Waals surface area (Å²) in [6.07, 6.45) is 5.56. The molecule has 2 amide bonds. The molecule has 3 aromatic carbocycles. The quantitative estimate of drug-likeness (QED) is 0.293. The van der Waals surface area contributed by atoms with Crippen LogP contribution in [0.25, 0.3) is 11.0 Å². The van der Waals surface area contributed by atoms with Gasteiger partial charge in [0.25, 0.3) is 5.91 Å². The van der Waals surface area contributed by atoms with Crippen LogP contribution in [0.4, 0.5) is 0 Å². The topological polar surface area (TPSA) is 85.7 Å². The summed E-state index contributed by atoms with van der Waals surface area (Å²) in [4.78, 5) is 33.8. The standard InChI is InChI=1S/C32H36N4O4/c1-39-28-18-17-24(19-29(28)40-2)32(38)33-20-30-34-26-15-9-10-16-27(26)36(30)22-31(37)35(25-13-7-4-8-14-25)21-23-11-5-3-6-12-23/h3,5-6,9-12,15-19,25H,4,7-8,13-14,20-22H2,1-2H3,(H,33,38). The van der Waals surface area contributed by atoms with E-state index in [0.29, 0.717) is 29.4 Å². The van der Waals surface area contributed by atoms with Crippen LogP contribution in [0.15, 0.2) is 72.8 Å². The minimum Gasteiger partial charge on any atom is -0.493 e. The van der Waals surface area contributed by atoms with Crippen LogP contribution in [0.2, 0.25) is 0 Å². The van der Waals surface area contributed by atoms with Crippen molar-refractivity contribution >= 4 is 22.8 Å². The van der Waals surface area contributed by atoms with E-state index in [1.54, 1.807) is 25.3 Å². The van der Waals surface area contributed by atoms with Gasteiger partial charge in [-0.1, -0.05) is 61.7 Å². The normalized spacial score (nSPS) is 13.7. The highest BCUT2D eigenvalue weighted by molar-refractivity contribution is 5.95. The first-order valence-electron chi connectivity index (χ1n) is 13.8. The molecule has 0 aliphatic heterocycles. The summed E-state index contributed by atoms with van der Waals surface area (Å²) < 4.78 is 12.6. The van der Waals surface area contributed by atoms with Crippen LogP contribution in [0.1, 0.15) is 53.8 Å². The minimum absolute atomic E-state index is 0.0615. The van der Waals surface area contributed by atoms with Gasteiger partial charge in [0.2, 0.25) is 5.91 Å². The van der Waals surface area contributed by atoms with E-state index in [2.05, 4.69) is 22.3 Å². The maximum absolute atomic E-state index is 14.0. The first kappa shape index (κ1) is 27.2. The fourth-order valence-electron chi connectivity index (χ4n) is 5.50. The van der Waals surface area contributed by atoms with E-state index in [0.717, 1.165) is 42.3 Å². The number of ether oxygens (including phenoxy) is 2. The van der Waals surface area contributed by atoms with Gasteiger partial charge in [-0.15, -0.1) is 0 Å². The van der Waals surface area contributed by atoms with Crippen molar-refractivity contribution in [2.24, 2.45) is 0 Å². The highest BCUT2D eigenvalue weighted by Crippen LogP contribution is 2.28. The Balaban J connectivity index is 1.38. The third-order valence-corrected chi connectivity index (χ3v) is 7.61. The molecule has 8 nitrogen and oxygen atoms in total.